The summed E-state index contributed by atoms with van der Waals surface area (Å²) in [5, 5.41) is 24.6. The molecule has 3 saturated carbocycles. The van der Waals surface area contributed by atoms with Gasteiger partial charge in [0, 0.05) is 12.2 Å². The van der Waals surface area contributed by atoms with Gasteiger partial charge in [0.2, 0.25) is 0 Å². The van der Waals surface area contributed by atoms with Crippen LogP contribution >= 0.6 is 0 Å². The van der Waals surface area contributed by atoms with Gasteiger partial charge in [-0.25, -0.2) is 14.4 Å². The Bertz CT molecular complexity index is 1060. The summed E-state index contributed by atoms with van der Waals surface area (Å²) in [5.74, 6) is -1.72. The number of carbonyl (C=O) groups excluding carboxylic acids is 3. The minimum Gasteiger partial charge on any atom is -0.481 e. The fourth-order valence-electron chi connectivity index (χ4n) is 6.05. The average Bonchev–Trinajstić information content (AvgIpc) is 3.74. The molecule has 5 unspecified atom stereocenters. The lowest BCUT2D eigenvalue weighted by Crippen LogP contribution is -2.39. The lowest BCUT2D eigenvalue weighted by atomic mass is 9.84. The second kappa shape index (κ2) is 12.9. The third-order valence-corrected chi connectivity index (χ3v) is 8.55. The van der Waals surface area contributed by atoms with E-state index in [1.165, 1.54) is 32.6 Å². The number of esters is 3. The van der Waals surface area contributed by atoms with E-state index in [9.17, 15) is 24.0 Å². The van der Waals surface area contributed by atoms with Crippen molar-refractivity contribution < 1.29 is 48.8 Å². The van der Waals surface area contributed by atoms with Gasteiger partial charge in [-0.1, -0.05) is 30.7 Å². The van der Waals surface area contributed by atoms with Gasteiger partial charge >= 0.3 is 29.8 Å². The second-order valence-electron chi connectivity index (χ2n) is 11.8. The molecule has 3 fully saturated rings. The van der Waals surface area contributed by atoms with Crippen molar-refractivity contribution in [1.82, 2.24) is 0 Å². The lowest BCUT2D eigenvalue weighted by Gasteiger charge is -2.36. The normalized spacial score (nSPS) is 32.1. The van der Waals surface area contributed by atoms with Gasteiger partial charge in [-0.2, -0.15) is 0 Å². The summed E-state index contributed by atoms with van der Waals surface area (Å²) in [4.78, 5) is 52.5. The van der Waals surface area contributed by atoms with Gasteiger partial charge in [-0.05, 0) is 89.9 Å². The first-order valence-electron chi connectivity index (χ1n) is 14.0. The number of carbonyl (C=O) groups is 5. The molecule has 3 N–H and O–H groups in total. The predicted octanol–water partition coefficient (Wildman–Crippen LogP) is 4.11. The number of cyclic esters (lactones) is 2. The average molecular weight is 561 g/mol. The highest BCUT2D eigenvalue weighted by molar-refractivity contribution is 6.04. The van der Waals surface area contributed by atoms with Crippen molar-refractivity contribution in [1.29, 1.82) is 0 Å². The van der Waals surface area contributed by atoms with Crippen LogP contribution in [-0.4, -0.2) is 56.9 Å². The van der Waals surface area contributed by atoms with Gasteiger partial charge < -0.3 is 24.8 Å². The molecule has 40 heavy (non-hydrogen) atoms. The van der Waals surface area contributed by atoms with Crippen LogP contribution < -0.4 is 0 Å². The summed E-state index contributed by atoms with van der Waals surface area (Å²) in [6, 6.07) is 0. The smallest absolute Gasteiger partial charge is 0.338 e. The van der Waals surface area contributed by atoms with Crippen molar-refractivity contribution in [2.45, 2.75) is 96.2 Å². The van der Waals surface area contributed by atoms with E-state index in [-0.39, 0.29) is 17.0 Å². The summed E-state index contributed by atoms with van der Waals surface area (Å²) in [6.07, 6.45) is 20.9. The number of hydrogen-bond acceptors (Lipinski definition) is 8. The molecular weight excluding hydrogens is 520 g/mol. The first kappa shape index (κ1) is 31.3. The Hall–Kier alpha value is -3.27. The molecule has 1 aliphatic heterocycles. The van der Waals surface area contributed by atoms with Crippen LogP contribution in [0.4, 0.5) is 0 Å². The van der Waals surface area contributed by atoms with Crippen molar-refractivity contribution in [3.63, 3.8) is 0 Å². The molecule has 0 aromatic rings. The molecular formula is C30H40O10. The van der Waals surface area contributed by atoms with E-state index in [2.05, 4.69) is 29.9 Å². The minimum atomic E-state index is -1.23. The largest absolute Gasteiger partial charge is 0.481 e. The van der Waals surface area contributed by atoms with E-state index in [4.69, 9.17) is 20.1 Å². The van der Waals surface area contributed by atoms with E-state index in [1.54, 1.807) is 0 Å². The van der Waals surface area contributed by atoms with Gasteiger partial charge in [0.1, 0.15) is 11.7 Å². The van der Waals surface area contributed by atoms with Gasteiger partial charge in [0.05, 0.1) is 10.8 Å². The quantitative estimate of drug-likeness (QED) is 0.259. The first-order valence-corrected chi connectivity index (χ1v) is 14.0. The van der Waals surface area contributed by atoms with Gasteiger partial charge in [0.25, 0.3) is 0 Å². The summed E-state index contributed by atoms with van der Waals surface area (Å²) in [6.45, 7) is 3.31. The minimum absolute atomic E-state index is 0.0538. The molecule has 10 heteroatoms. The zero-order valence-electron chi connectivity index (χ0n) is 23.2. The van der Waals surface area contributed by atoms with Crippen molar-refractivity contribution in [3.8, 4) is 0 Å². The Balaban J connectivity index is 0.000000163. The molecule has 10 nitrogen and oxygen atoms in total. The SMILES string of the molecule is CC(O)C(=O)O.CC1(OC(=O)C23C=CC(CC2)C3)CCCCC1.O=C(O)C12C=CC(CC1)C2.O=C1C=CC(=O)O1. The molecule has 0 aromatic heterocycles. The molecule has 4 bridgehead atoms. The highest BCUT2D eigenvalue weighted by Crippen LogP contribution is 2.51. The van der Waals surface area contributed by atoms with Crippen molar-refractivity contribution in [3.05, 3.63) is 36.5 Å². The highest BCUT2D eigenvalue weighted by atomic mass is 16.6. The molecule has 6 aliphatic rings. The molecule has 6 rings (SSSR count). The van der Waals surface area contributed by atoms with E-state index in [0.717, 1.165) is 57.1 Å². The van der Waals surface area contributed by atoms with Crippen LogP contribution in [0, 0.1) is 22.7 Å². The third kappa shape index (κ3) is 7.90. The fourth-order valence-corrected chi connectivity index (χ4v) is 6.05. The van der Waals surface area contributed by atoms with Crippen LogP contribution in [0.1, 0.15) is 84.5 Å². The van der Waals surface area contributed by atoms with Gasteiger partial charge in [-0.3, -0.25) is 9.59 Å². The predicted molar refractivity (Wildman–Crippen MR) is 143 cm³/mol. The van der Waals surface area contributed by atoms with Gasteiger partial charge in [-0.15, -0.1) is 0 Å². The Kier molecular flexibility index (Phi) is 10.1. The van der Waals surface area contributed by atoms with Crippen molar-refractivity contribution >= 4 is 29.8 Å². The number of carboxylic acids is 2. The van der Waals surface area contributed by atoms with Crippen LogP contribution in [0.2, 0.25) is 0 Å². The Morgan fingerprint density at radius 2 is 1.35 bits per heavy atom. The molecule has 220 valence electrons. The Labute approximate surface area is 234 Å². The van der Waals surface area contributed by atoms with Crippen molar-refractivity contribution in [2.24, 2.45) is 22.7 Å². The number of ether oxygens (including phenoxy) is 2. The number of aliphatic hydroxyl groups excluding tert-OH is 1. The summed E-state index contributed by atoms with van der Waals surface area (Å²) >= 11 is 0. The van der Waals surface area contributed by atoms with E-state index in [0.29, 0.717) is 11.8 Å². The number of hydrogen-bond donors (Lipinski definition) is 3. The van der Waals surface area contributed by atoms with Crippen LogP contribution in [0.3, 0.4) is 0 Å². The Morgan fingerprint density at radius 3 is 1.62 bits per heavy atom. The molecule has 0 spiro atoms. The molecule has 0 radical (unpaired) electrons. The van der Waals surface area contributed by atoms with E-state index >= 15 is 0 Å². The Morgan fingerprint density at radius 1 is 0.875 bits per heavy atom. The number of allylic oxidation sites excluding steroid dienone is 2. The van der Waals surface area contributed by atoms with Gasteiger partial charge in [0.15, 0.2) is 0 Å². The molecule has 5 aliphatic carbocycles. The zero-order chi connectivity index (χ0) is 29.6. The maximum absolute atomic E-state index is 12.4. The topological polar surface area (TPSA) is 164 Å². The number of carboxylic acid groups (broad SMARTS) is 2. The standard InChI is InChI=1S/C15H22O2.C8H10O2.C4H2O3.C3H6O3/c1-14(7-3-2-4-8-14)17-13(16)15-9-5-12(11-15)6-10-15;9-7(10)8-3-1-6(5-8)2-4-8;5-3-1-2-4(6)7-3;1-2(4)3(5)6/h5,9,12H,2-4,6-8,10-11H2,1H3;1,3,6H,2,4-5H2,(H,9,10);1-2H;2,4H,1H3,(H,5,6). The maximum atomic E-state index is 12.4. The number of aliphatic carboxylic acids is 2. The molecule has 5 atom stereocenters. The third-order valence-electron chi connectivity index (χ3n) is 8.55. The summed E-state index contributed by atoms with van der Waals surface area (Å²) in [5.41, 5.74) is -0.881. The summed E-state index contributed by atoms with van der Waals surface area (Å²) in [7, 11) is 0. The number of fused-ring (bicyclic) bond motifs is 4. The van der Waals surface area contributed by atoms with Crippen molar-refractivity contribution in [2.75, 3.05) is 0 Å². The van der Waals surface area contributed by atoms with Crippen LogP contribution in [-0.2, 0) is 33.4 Å². The molecule has 0 amide bonds. The molecule has 0 saturated heterocycles. The fraction of sp³-hybridized carbons (Fsp3) is 0.633. The van der Waals surface area contributed by atoms with Crippen LogP contribution in [0.5, 0.6) is 0 Å². The van der Waals surface area contributed by atoms with Crippen LogP contribution in [0.25, 0.3) is 0 Å². The molecule has 0 aromatic carbocycles. The first-order chi connectivity index (χ1) is 18.8. The molecule has 1 heterocycles. The lowest BCUT2D eigenvalue weighted by molar-refractivity contribution is -0.170. The maximum Gasteiger partial charge on any atom is 0.338 e. The number of rotatable bonds is 4. The monoisotopic (exact) mass is 560 g/mol. The van der Waals surface area contributed by atoms with Crippen LogP contribution in [0.15, 0.2) is 36.5 Å². The highest BCUT2D eigenvalue weighted by Gasteiger charge is 2.49. The zero-order valence-corrected chi connectivity index (χ0v) is 23.2. The second-order valence-corrected chi connectivity index (χ2v) is 11.8. The summed E-state index contributed by atoms with van der Waals surface area (Å²) < 4.78 is 9.87. The van der Waals surface area contributed by atoms with E-state index < -0.39 is 35.4 Å². The van der Waals surface area contributed by atoms with E-state index in [1.807, 2.05) is 6.08 Å². The number of aliphatic hydroxyl groups is 1.